The number of aromatic nitrogens is 1. The maximum atomic E-state index is 14.1. The molecule has 0 fully saturated rings. The van der Waals surface area contributed by atoms with Crippen LogP contribution in [0.4, 0.5) is 10.2 Å². The van der Waals surface area contributed by atoms with E-state index >= 15 is 0 Å². The molecule has 3 rings (SSSR count). The molecular formula is C21H21ClFN3O3. The number of benzene rings is 1. The summed E-state index contributed by atoms with van der Waals surface area (Å²) in [5, 5.41) is 17.9. The molecule has 8 heteroatoms. The molecule has 0 unspecified atom stereocenters. The van der Waals surface area contributed by atoms with E-state index in [1.54, 1.807) is 18.0 Å². The van der Waals surface area contributed by atoms with E-state index in [0.29, 0.717) is 19.6 Å². The number of hydrogen-bond acceptors (Lipinski definition) is 5. The first-order chi connectivity index (χ1) is 13.9. The van der Waals surface area contributed by atoms with Crippen LogP contribution in [0.5, 0.6) is 5.75 Å². The first-order valence-corrected chi connectivity index (χ1v) is 9.71. The van der Waals surface area contributed by atoms with Gasteiger partial charge in [0, 0.05) is 13.6 Å². The molecule has 152 valence electrons. The summed E-state index contributed by atoms with van der Waals surface area (Å²) >= 11 is 5.89. The van der Waals surface area contributed by atoms with Gasteiger partial charge in [0.2, 0.25) is 0 Å². The zero-order valence-electron chi connectivity index (χ0n) is 16.0. The lowest BCUT2D eigenvalue weighted by Gasteiger charge is -2.19. The molecule has 0 spiro atoms. The van der Waals surface area contributed by atoms with Gasteiger partial charge in [0.05, 0.1) is 18.6 Å². The maximum Gasteiger partial charge on any atom is 0.303 e. The highest BCUT2D eigenvalue weighted by Crippen LogP contribution is 2.37. The Hall–Kier alpha value is -2.85. The molecule has 1 atom stereocenters. The number of ether oxygens (including phenoxy) is 1. The zero-order valence-corrected chi connectivity index (χ0v) is 16.7. The van der Waals surface area contributed by atoms with Crippen molar-refractivity contribution >= 4 is 23.4 Å². The van der Waals surface area contributed by atoms with Crippen molar-refractivity contribution in [3.8, 4) is 11.8 Å². The number of aliphatic carboxylic acids is 1. The van der Waals surface area contributed by atoms with Crippen LogP contribution < -0.4 is 9.64 Å². The molecule has 1 aromatic heterocycles. The van der Waals surface area contributed by atoms with Crippen LogP contribution in [0.3, 0.4) is 0 Å². The van der Waals surface area contributed by atoms with Crippen LogP contribution in [0.1, 0.15) is 41.9 Å². The summed E-state index contributed by atoms with van der Waals surface area (Å²) in [6, 6.07) is 8.68. The van der Waals surface area contributed by atoms with Gasteiger partial charge in [-0.1, -0.05) is 17.7 Å². The van der Waals surface area contributed by atoms with Gasteiger partial charge in [-0.15, -0.1) is 0 Å². The van der Waals surface area contributed by atoms with Gasteiger partial charge in [-0.25, -0.2) is 9.37 Å². The topological polar surface area (TPSA) is 86.4 Å². The Bertz CT molecular complexity index is 961. The van der Waals surface area contributed by atoms with E-state index in [1.807, 2.05) is 18.2 Å². The van der Waals surface area contributed by atoms with Crippen molar-refractivity contribution in [2.24, 2.45) is 0 Å². The van der Waals surface area contributed by atoms with E-state index in [9.17, 15) is 9.18 Å². The average molecular weight is 418 g/mol. The third-order valence-electron chi connectivity index (χ3n) is 5.04. The van der Waals surface area contributed by atoms with E-state index in [1.165, 1.54) is 0 Å². The summed E-state index contributed by atoms with van der Waals surface area (Å²) in [5.41, 5.74) is 2.25. The van der Waals surface area contributed by atoms with Crippen molar-refractivity contribution in [3.63, 3.8) is 0 Å². The van der Waals surface area contributed by atoms with E-state index in [-0.39, 0.29) is 28.9 Å². The van der Waals surface area contributed by atoms with Crippen molar-refractivity contribution in [2.75, 3.05) is 25.1 Å². The van der Waals surface area contributed by atoms with Gasteiger partial charge in [0.1, 0.15) is 17.0 Å². The highest BCUT2D eigenvalue weighted by atomic mass is 35.5. The number of nitrogens with zero attached hydrogens (tertiary/aromatic N) is 3. The van der Waals surface area contributed by atoms with Gasteiger partial charge < -0.3 is 14.7 Å². The Morgan fingerprint density at radius 2 is 2.28 bits per heavy atom. The molecule has 0 radical (unpaired) electrons. The minimum Gasteiger partial charge on any atom is -0.494 e. The number of carbonyl (C=O) groups is 1. The molecule has 1 aromatic carbocycles. The zero-order chi connectivity index (χ0) is 21.0. The molecule has 1 aliphatic carbocycles. The van der Waals surface area contributed by atoms with Crippen molar-refractivity contribution in [1.82, 2.24) is 4.98 Å². The van der Waals surface area contributed by atoms with Crippen molar-refractivity contribution in [2.45, 2.75) is 31.6 Å². The van der Waals surface area contributed by atoms with Gasteiger partial charge in [-0.05, 0) is 54.5 Å². The first-order valence-electron chi connectivity index (χ1n) is 9.33. The van der Waals surface area contributed by atoms with Crippen LogP contribution in [0.2, 0.25) is 5.15 Å². The number of pyridine rings is 1. The Morgan fingerprint density at radius 3 is 3.00 bits per heavy atom. The monoisotopic (exact) mass is 417 g/mol. The number of rotatable bonds is 8. The predicted octanol–water partition coefficient (Wildman–Crippen LogP) is 4.16. The largest absolute Gasteiger partial charge is 0.494 e. The fraction of sp³-hybridized carbons (Fsp3) is 0.381. The average Bonchev–Trinajstić information content (AvgIpc) is 3.08. The SMILES string of the molecule is CN(CCCOc1ccc2c(c1)CC[C@H]2CC(=O)O)c1nc(Cl)c(C#N)cc1F. The molecule has 1 N–H and O–H groups in total. The number of carboxylic acids is 1. The van der Waals surface area contributed by atoms with Crippen LogP contribution in [-0.4, -0.2) is 36.3 Å². The maximum absolute atomic E-state index is 14.1. The standard InChI is InChI=1S/C21H21ClFN3O3/c1-26(21-18(23)10-15(12-24)20(22)25-21)7-2-8-29-16-5-6-17-13(9-16)3-4-14(17)11-19(27)28/h5-6,9-10,14H,2-4,7-8,11H2,1H3,(H,27,28)/t14-/m0/s1. The van der Waals surface area contributed by atoms with Gasteiger partial charge in [-0.2, -0.15) is 5.26 Å². The number of aryl methyl sites for hydroxylation is 1. The summed E-state index contributed by atoms with van der Waals surface area (Å²) in [6.45, 7) is 0.936. The number of fused-ring (bicyclic) bond motifs is 1. The van der Waals surface area contributed by atoms with Crippen molar-refractivity contribution in [1.29, 1.82) is 5.26 Å². The van der Waals surface area contributed by atoms with E-state index < -0.39 is 11.8 Å². The van der Waals surface area contributed by atoms with Gasteiger partial charge in [-0.3, -0.25) is 4.79 Å². The van der Waals surface area contributed by atoms with Crippen molar-refractivity contribution < 1.29 is 19.0 Å². The molecule has 2 aromatic rings. The summed E-state index contributed by atoms with van der Waals surface area (Å²) in [5.74, 6) is -0.457. The lowest BCUT2D eigenvalue weighted by Crippen LogP contribution is -2.23. The number of nitriles is 1. The molecule has 0 saturated carbocycles. The summed E-state index contributed by atoms with van der Waals surface area (Å²) < 4.78 is 19.9. The van der Waals surface area contributed by atoms with Crippen LogP contribution in [0.25, 0.3) is 0 Å². The third kappa shape index (κ3) is 4.96. The Balaban J connectivity index is 1.52. The molecule has 0 amide bonds. The van der Waals surface area contributed by atoms with E-state index in [2.05, 4.69) is 4.98 Å². The van der Waals surface area contributed by atoms with Crippen molar-refractivity contribution in [3.05, 3.63) is 51.9 Å². The van der Waals surface area contributed by atoms with Gasteiger partial charge in [0.25, 0.3) is 0 Å². The minimum atomic E-state index is -0.776. The second kappa shape index (κ2) is 9.10. The Labute approximate surface area is 173 Å². The van der Waals surface area contributed by atoms with Crippen LogP contribution in [0.15, 0.2) is 24.3 Å². The Kier molecular flexibility index (Phi) is 6.55. The van der Waals surface area contributed by atoms with Crippen LogP contribution >= 0.6 is 11.6 Å². The van der Waals surface area contributed by atoms with E-state index in [0.717, 1.165) is 35.8 Å². The van der Waals surface area contributed by atoms with E-state index in [4.69, 9.17) is 26.7 Å². The minimum absolute atomic E-state index is 0.00635. The smallest absolute Gasteiger partial charge is 0.303 e. The highest BCUT2D eigenvalue weighted by Gasteiger charge is 2.24. The summed E-state index contributed by atoms with van der Waals surface area (Å²) in [7, 11) is 1.70. The molecule has 0 saturated heterocycles. The molecule has 0 bridgehead atoms. The fourth-order valence-corrected chi connectivity index (χ4v) is 3.77. The predicted molar refractivity (Wildman–Crippen MR) is 107 cm³/mol. The lowest BCUT2D eigenvalue weighted by molar-refractivity contribution is -0.137. The molecule has 0 aliphatic heterocycles. The van der Waals surface area contributed by atoms with Crippen LogP contribution in [-0.2, 0) is 11.2 Å². The second-order valence-corrected chi connectivity index (χ2v) is 7.42. The third-order valence-corrected chi connectivity index (χ3v) is 5.33. The first kappa shape index (κ1) is 20.9. The molecular weight excluding hydrogens is 397 g/mol. The summed E-state index contributed by atoms with van der Waals surface area (Å²) in [6.07, 6.45) is 2.50. The highest BCUT2D eigenvalue weighted by molar-refractivity contribution is 6.30. The molecule has 1 heterocycles. The number of anilines is 1. The molecule has 1 aliphatic rings. The van der Waals surface area contributed by atoms with Crippen LogP contribution in [0, 0.1) is 17.1 Å². The van der Waals surface area contributed by atoms with Gasteiger partial charge in [0.15, 0.2) is 11.6 Å². The lowest BCUT2D eigenvalue weighted by atomic mass is 9.98. The fourth-order valence-electron chi connectivity index (χ4n) is 3.60. The number of carboxylic acid groups (broad SMARTS) is 1. The molecule has 29 heavy (non-hydrogen) atoms. The number of halogens is 2. The molecule has 6 nitrogen and oxygen atoms in total. The summed E-state index contributed by atoms with van der Waals surface area (Å²) in [4.78, 5) is 16.5. The quantitative estimate of drug-likeness (QED) is 0.512. The number of hydrogen-bond donors (Lipinski definition) is 1. The normalized spacial score (nSPS) is 14.9. The Morgan fingerprint density at radius 1 is 1.48 bits per heavy atom. The second-order valence-electron chi connectivity index (χ2n) is 7.06. The van der Waals surface area contributed by atoms with Gasteiger partial charge >= 0.3 is 5.97 Å².